The number of carbonyl (C=O) groups excluding carboxylic acids is 2. The molecule has 1 aliphatic carbocycles. The topological polar surface area (TPSA) is 180 Å². The number of hydrogen-bond donors (Lipinski definition) is 3. The first kappa shape index (κ1) is 32.8. The van der Waals surface area contributed by atoms with Crippen molar-refractivity contribution < 1.29 is 42.5 Å². The van der Waals surface area contributed by atoms with Crippen molar-refractivity contribution >= 4 is 36.0 Å². The molecule has 0 bridgehead atoms. The van der Waals surface area contributed by atoms with Crippen LogP contribution in [-0.2, 0) is 17.7 Å². The smallest absolute Gasteiger partial charge is 0.477 e. The van der Waals surface area contributed by atoms with E-state index in [1.165, 1.54) is 35.1 Å². The number of amides is 1. The van der Waals surface area contributed by atoms with Gasteiger partial charge in [-0.2, -0.15) is 14.6 Å². The van der Waals surface area contributed by atoms with E-state index in [9.17, 15) is 28.3 Å². The Kier molecular flexibility index (Phi) is 9.63. The largest absolute Gasteiger partial charge is 0.586 e. The molecular formula is C29H27ClF2N6O7. The van der Waals surface area contributed by atoms with Gasteiger partial charge in [0.15, 0.2) is 17.2 Å². The Bertz CT molecular complexity index is 1800. The van der Waals surface area contributed by atoms with Gasteiger partial charge in [-0.1, -0.05) is 24.8 Å². The zero-order chi connectivity index (χ0) is 31.6. The molecule has 2 aromatic heterocycles. The summed E-state index contributed by atoms with van der Waals surface area (Å²) in [6.07, 6.45) is 0.489. The number of nitrogens with one attached hydrogen (secondary N) is 1. The summed E-state index contributed by atoms with van der Waals surface area (Å²) in [6, 6.07) is 8.84. The highest BCUT2D eigenvalue weighted by atomic mass is 35.5. The first-order valence-electron chi connectivity index (χ1n) is 13.3. The fraction of sp³-hybridized carbons (Fsp3) is 0.241. The number of rotatable bonds is 7. The minimum absolute atomic E-state index is 0. The molecule has 1 aliphatic heterocycles. The van der Waals surface area contributed by atoms with E-state index in [1.807, 2.05) is 13.0 Å². The summed E-state index contributed by atoms with van der Waals surface area (Å²) in [5, 5.41) is 16.2. The molecular weight excluding hydrogens is 618 g/mol. The summed E-state index contributed by atoms with van der Waals surface area (Å²) >= 11 is 0. The summed E-state index contributed by atoms with van der Waals surface area (Å²) in [7, 11) is 0. The van der Waals surface area contributed by atoms with Crippen LogP contribution in [0, 0.1) is 6.92 Å². The second kappa shape index (κ2) is 13.2. The monoisotopic (exact) mass is 644 g/mol. The van der Waals surface area contributed by atoms with Crippen molar-refractivity contribution in [3.63, 3.8) is 0 Å². The van der Waals surface area contributed by atoms with Crippen LogP contribution in [0.25, 0.3) is 5.78 Å². The first-order chi connectivity index (χ1) is 21.0. The van der Waals surface area contributed by atoms with Crippen LogP contribution < -0.4 is 20.5 Å². The van der Waals surface area contributed by atoms with Crippen molar-refractivity contribution in [1.82, 2.24) is 24.9 Å². The van der Waals surface area contributed by atoms with E-state index < -0.39 is 24.1 Å². The number of nitrogens with zero attached hydrogens (tertiary/aromatic N) is 4. The number of hydrogen-bond acceptors (Lipinski definition) is 10. The lowest BCUT2D eigenvalue weighted by molar-refractivity contribution is -0.286. The van der Waals surface area contributed by atoms with Crippen LogP contribution in [0.2, 0.25) is 0 Å². The van der Waals surface area contributed by atoms with Crippen molar-refractivity contribution in [2.75, 3.05) is 6.61 Å². The van der Waals surface area contributed by atoms with Gasteiger partial charge in [0.2, 0.25) is 0 Å². The molecule has 0 fully saturated rings. The predicted octanol–water partition coefficient (Wildman–Crippen LogP) is 3.78. The molecule has 4 N–H and O–H groups in total. The molecule has 1 atom stereocenters. The summed E-state index contributed by atoms with van der Waals surface area (Å²) in [4.78, 5) is 44.3. The summed E-state index contributed by atoms with van der Waals surface area (Å²) in [6.45, 7) is 5.81. The number of fused-ring (bicyclic) bond motifs is 3. The van der Waals surface area contributed by atoms with Gasteiger partial charge in [0, 0.05) is 12.6 Å². The number of alkyl halides is 2. The number of ether oxygens (including phenoxy) is 3. The molecule has 2 aromatic carbocycles. The highest BCUT2D eigenvalue weighted by Gasteiger charge is 2.43. The van der Waals surface area contributed by atoms with Crippen LogP contribution in [0.3, 0.4) is 0 Å². The van der Waals surface area contributed by atoms with Crippen molar-refractivity contribution in [2.45, 2.75) is 38.6 Å². The second-order valence-electron chi connectivity index (χ2n) is 9.71. The molecule has 6 rings (SSSR count). The SMILES string of the molecule is C=CCOC(=O)c1ccc2c(c1C)CC[C@@H]2NC(=O)c1cc(C(=O)O)nc2ncnn12.Cl.NCc1ccc2c(c1)OC(F)(F)O2. The van der Waals surface area contributed by atoms with Crippen LogP contribution in [0.1, 0.15) is 66.1 Å². The van der Waals surface area contributed by atoms with Crippen LogP contribution in [0.4, 0.5) is 8.78 Å². The van der Waals surface area contributed by atoms with Crippen molar-refractivity contribution in [3.8, 4) is 11.5 Å². The molecule has 0 spiro atoms. The molecule has 0 saturated carbocycles. The molecule has 0 radical (unpaired) electrons. The third kappa shape index (κ3) is 6.84. The van der Waals surface area contributed by atoms with Gasteiger partial charge < -0.3 is 30.4 Å². The van der Waals surface area contributed by atoms with Gasteiger partial charge in [0.1, 0.15) is 18.6 Å². The number of aromatic nitrogens is 4. The Balaban J connectivity index is 0.000000275. The number of carboxylic acid groups (broad SMARTS) is 1. The third-order valence-electron chi connectivity index (χ3n) is 6.96. The number of nitrogens with two attached hydrogens (primary N) is 1. The molecule has 45 heavy (non-hydrogen) atoms. The van der Waals surface area contributed by atoms with E-state index in [-0.39, 0.29) is 60.3 Å². The first-order valence-corrected chi connectivity index (χ1v) is 13.3. The zero-order valence-electron chi connectivity index (χ0n) is 23.7. The lowest BCUT2D eigenvalue weighted by atomic mass is 9.98. The number of carboxylic acids is 1. The molecule has 13 nitrogen and oxygen atoms in total. The predicted molar refractivity (Wildman–Crippen MR) is 156 cm³/mol. The lowest BCUT2D eigenvalue weighted by Crippen LogP contribution is -2.29. The van der Waals surface area contributed by atoms with E-state index in [2.05, 4.69) is 36.4 Å². The Morgan fingerprint density at radius 3 is 2.69 bits per heavy atom. The van der Waals surface area contributed by atoms with Gasteiger partial charge in [0.25, 0.3) is 11.7 Å². The zero-order valence-corrected chi connectivity index (χ0v) is 24.5. The Morgan fingerprint density at radius 2 is 1.98 bits per heavy atom. The number of esters is 1. The van der Waals surface area contributed by atoms with Gasteiger partial charge in [-0.3, -0.25) is 4.79 Å². The summed E-state index contributed by atoms with van der Waals surface area (Å²) in [5.74, 6) is -2.08. The normalized spacial score (nSPS) is 15.2. The number of aromatic carboxylic acids is 1. The van der Waals surface area contributed by atoms with Crippen LogP contribution in [-0.4, -0.2) is 55.4 Å². The van der Waals surface area contributed by atoms with Gasteiger partial charge in [0.05, 0.1) is 11.6 Å². The van der Waals surface area contributed by atoms with Crippen molar-refractivity contribution in [3.05, 3.63) is 94.6 Å². The number of benzene rings is 2. The number of carbonyl (C=O) groups is 3. The molecule has 4 aromatic rings. The maximum atomic E-state index is 13.0. The Hall–Kier alpha value is -5.15. The molecule has 1 amide bonds. The number of halogens is 3. The van der Waals surface area contributed by atoms with Crippen molar-refractivity contribution in [1.29, 1.82) is 0 Å². The molecule has 2 aliphatic rings. The maximum absolute atomic E-state index is 13.0. The fourth-order valence-electron chi connectivity index (χ4n) is 4.90. The molecule has 16 heteroatoms. The van der Waals surface area contributed by atoms with E-state index in [4.69, 9.17) is 10.5 Å². The summed E-state index contributed by atoms with van der Waals surface area (Å²) in [5.41, 5.74) is 8.98. The molecule has 0 saturated heterocycles. The quantitative estimate of drug-likeness (QED) is 0.197. The standard InChI is InChI=1S/C21H19N5O5.C8H7F2NO2.ClH/c1-3-8-31-20(30)13-4-5-14-12(11(13)2)6-7-15(14)24-18(27)17-9-16(19(28)29)25-21-22-10-23-26(17)21;9-8(10)12-6-2-1-5(4-11)3-7(6)13-8;/h3-5,9-10,15H,1,6-8H2,2H3,(H,24,27)(H,28,29);1-3H,4,11H2;1H/t15-;;/m0../s1. The Morgan fingerprint density at radius 1 is 1.22 bits per heavy atom. The van der Waals surface area contributed by atoms with Gasteiger partial charge in [-0.05, 0) is 60.2 Å². The third-order valence-corrected chi connectivity index (χ3v) is 6.96. The fourth-order valence-corrected chi connectivity index (χ4v) is 4.90. The summed E-state index contributed by atoms with van der Waals surface area (Å²) < 4.78 is 39.7. The average Bonchev–Trinajstić information content (AvgIpc) is 3.71. The maximum Gasteiger partial charge on any atom is 0.586 e. The lowest BCUT2D eigenvalue weighted by Gasteiger charge is -2.16. The highest BCUT2D eigenvalue weighted by Crippen LogP contribution is 2.41. The average molecular weight is 645 g/mol. The second-order valence-corrected chi connectivity index (χ2v) is 9.71. The van der Waals surface area contributed by atoms with E-state index in [0.717, 1.165) is 22.3 Å². The molecule has 236 valence electrons. The van der Waals surface area contributed by atoms with Crippen LogP contribution in [0.15, 0.2) is 55.4 Å². The molecule has 0 unspecified atom stereocenters. The van der Waals surface area contributed by atoms with Crippen LogP contribution >= 0.6 is 12.4 Å². The minimum atomic E-state index is -3.55. The van der Waals surface area contributed by atoms with Gasteiger partial charge >= 0.3 is 18.2 Å². The van der Waals surface area contributed by atoms with Crippen LogP contribution in [0.5, 0.6) is 11.5 Å². The minimum Gasteiger partial charge on any atom is -0.477 e. The van der Waals surface area contributed by atoms with Gasteiger partial charge in [-0.15, -0.1) is 21.2 Å². The van der Waals surface area contributed by atoms with E-state index >= 15 is 0 Å². The van der Waals surface area contributed by atoms with Crippen molar-refractivity contribution in [2.24, 2.45) is 5.73 Å². The van der Waals surface area contributed by atoms with E-state index in [0.29, 0.717) is 18.4 Å². The highest BCUT2D eigenvalue weighted by molar-refractivity contribution is 5.96. The van der Waals surface area contributed by atoms with Gasteiger partial charge in [-0.25, -0.2) is 14.6 Å². The molecule has 3 heterocycles. The Labute approximate surface area is 260 Å². The van der Waals surface area contributed by atoms with E-state index in [1.54, 1.807) is 12.1 Å².